The largest absolute Gasteiger partial charge is 0.480 e. The molecule has 2 atom stereocenters. The van der Waals surface area contributed by atoms with Gasteiger partial charge in [-0.3, -0.25) is 19.2 Å². The van der Waals surface area contributed by atoms with E-state index in [1.807, 2.05) is 0 Å². The number of carboxylic acids is 1. The van der Waals surface area contributed by atoms with Crippen molar-refractivity contribution in [1.29, 1.82) is 0 Å². The number of primary amides is 2. The van der Waals surface area contributed by atoms with Gasteiger partial charge in [0.15, 0.2) is 0 Å². The zero-order valence-corrected chi connectivity index (χ0v) is 12.1. The van der Waals surface area contributed by atoms with E-state index in [0.717, 1.165) is 0 Å². The summed E-state index contributed by atoms with van der Waals surface area (Å²) in [6, 6.07) is -2.43. The third-order valence-corrected chi connectivity index (χ3v) is 2.67. The summed E-state index contributed by atoms with van der Waals surface area (Å²) in [7, 11) is 0. The number of carboxylic acid groups (broad SMARTS) is 1. The highest BCUT2D eigenvalue weighted by Gasteiger charge is 2.26. The van der Waals surface area contributed by atoms with Gasteiger partial charge in [-0.25, -0.2) is 4.79 Å². The Balaban J connectivity index is 4.79. The quantitative estimate of drug-likeness (QED) is 0.299. The highest BCUT2D eigenvalue weighted by Crippen LogP contribution is 2.02. The van der Waals surface area contributed by atoms with Crippen LogP contribution in [0.3, 0.4) is 0 Å². The van der Waals surface area contributed by atoms with Crippen molar-refractivity contribution < 1.29 is 29.1 Å². The first-order valence-electron chi connectivity index (χ1n) is 6.50. The van der Waals surface area contributed by atoms with Crippen LogP contribution in [0, 0.1) is 0 Å². The van der Waals surface area contributed by atoms with Crippen LogP contribution in [-0.2, 0) is 24.0 Å². The molecule has 10 nitrogen and oxygen atoms in total. The maximum atomic E-state index is 12.0. The smallest absolute Gasteiger partial charge is 0.326 e. The van der Waals surface area contributed by atoms with Crippen LogP contribution in [0.4, 0.5) is 0 Å². The van der Waals surface area contributed by atoms with Crippen molar-refractivity contribution in [2.24, 2.45) is 11.5 Å². The molecule has 0 saturated carbocycles. The highest BCUT2D eigenvalue weighted by molar-refractivity contribution is 5.90. The lowest BCUT2D eigenvalue weighted by atomic mass is 10.1. The molecular weight excluding hydrogens is 296 g/mol. The number of hydrogen-bond donors (Lipinski definition) is 5. The number of carbonyl (C=O) groups is 5. The van der Waals surface area contributed by atoms with E-state index in [4.69, 9.17) is 16.6 Å². The highest BCUT2D eigenvalue weighted by atomic mass is 16.4. The monoisotopic (exact) mass is 316 g/mol. The molecule has 0 aromatic heterocycles. The minimum atomic E-state index is -1.34. The van der Waals surface area contributed by atoms with Gasteiger partial charge in [-0.15, -0.1) is 0 Å². The van der Waals surface area contributed by atoms with Gasteiger partial charge in [-0.1, -0.05) is 0 Å². The van der Waals surface area contributed by atoms with Crippen LogP contribution in [0.5, 0.6) is 0 Å². The lowest BCUT2D eigenvalue weighted by Crippen LogP contribution is -2.51. The number of carbonyl (C=O) groups excluding carboxylic acids is 4. The molecule has 0 aromatic rings. The van der Waals surface area contributed by atoms with Crippen molar-refractivity contribution in [3.8, 4) is 0 Å². The number of nitrogens with two attached hydrogens (primary N) is 2. The van der Waals surface area contributed by atoms with Crippen molar-refractivity contribution in [2.45, 2.75) is 44.7 Å². The summed E-state index contributed by atoms with van der Waals surface area (Å²) in [5.74, 6) is -4.01. The summed E-state index contributed by atoms with van der Waals surface area (Å²) in [6.45, 7) is 1.17. The molecule has 0 aliphatic heterocycles. The average Bonchev–Trinajstić information content (AvgIpc) is 2.37. The zero-order chi connectivity index (χ0) is 17.3. The molecule has 0 aliphatic rings. The first-order valence-corrected chi connectivity index (χ1v) is 6.50. The summed E-state index contributed by atoms with van der Waals surface area (Å²) in [5.41, 5.74) is 9.90. The van der Waals surface area contributed by atoms with Crippen molar-refractivity contribution in [2.75, 3.05) is 0 Å². The van der Waals surface area contributed by atoms with E-state index >= 15 is 0 Å². The van der Waals surface area contributed by atoms with Gasteiger partial charge in [0, 0.05) is 19.8 Å². The van der Waals surface area contributed by atoms with E-state index < -0.39 is 41.7 Å². The molecule has 0 fully saturated rings. The Kier molecular flexibility index (Phi) is 8.19. The van der Waals surface area contributed by atoms with E-state index in [0.29, 0.717) is 0 Å². The first kappa shape index (κ1) is 19.4. The summed E-state index contributed by atoms with van der Waals surface area (Å²) in [4.78, 5) is 55.5. The molecule has 0 unspecified atom stereocenters. The van der Waals surface area contributed by atoms with E-state index in [1.54, 1.807) is 0 Å². The minimum absolute atomic E-state index is 0.0666. The van der Waals surface area contributed by atoms with E-state index in [9.17, 15) is 24.0 Å². The lowest BCUT2D eigenvalue weighted by molar-refractivity contribution is -0.142. The average molecular weight is 316 g/mol. The Morgan fingerprint density at radius 3 is 1.73 bits per heavy atom. The number of nitrogens with one attached hydrogen (secondary N) is 2. The number of aliphatic carboxylic acids is 1. The maximum absolute atomic E-state index is 12.0. The third-order valence-electron chi connectivity index (χ3n) is 2.67. The van der Waals surface area contributed by atoms with Crippen LogP contribution < -0.4 is 22.1 Å². The summed E-state index contributed by atoms with van der Waals surface area (Å²) in [5, 5.41) is 13.5. The van der Waals surface area contributed by atoms with Crippen LogP contribution in [0.2, 0.25) is 0 Å². The fourth-order valence-electron chi connectivity index (χ4n) is 1.62. The summed E-state index contributed by atoms with van der Waals surface area (Å²) < 4.78 is 0. The standard InChI is InChI=1S/C12H20N4O6/c1-6(17)15-7(2-4-9(13)18)11(20)16-8(12(21)22)3-5-10(14)19/h7-8H,2-5H2,1H3,(H2,13,18)(H2,14,19)(H,15,17)(H,16,20)(H,21,22)/t7-,8-/m0/s1. The summed E-state index contributed by atoms with van der Waals surface area (Å²) >= 11 is 0. The Hall–Kier alpha value is -2.65. The van der Waals surface area contributed by atoms with Gasteiger partial charge >= 0.3 is 5.97 Å². The molecule has 10 heteroatoms. The molecule has 0 rings (SSSR count). The van der Waals surface area contributed by atoms with Gasteiger partial charge in [0.1, 0.15) is 12.1 Å². The maximum Gasteiger partial charge on any atom is 0.326 e. The summed E-state index contributed by atoms with van der Waals surface area (Å²) in [6.07, 6.45) is -0.622. The van der Waals surface area contributed by atoms with Crippen LogP contribution in [0.15, 0.2) is 0 Å². The Morgan fingerprint density at radius 2 is 1.36 bits per heavy atom. The molecule has 7 N–H and O–H groups in total. The number of amides is 4. The third kappa shape index (κ3) is 8.51. The van der Waals surface area contributed by atoms with E-state index in [2.05, 4.69) is 10.6 Å². The lowest BCUT2D eigenvalue weighted by Gasteiger charge is -2.20. The van der Waals surface area contributed by atoms with E-state index in [1.165, 1.54) is 6.92 Å². The fraction of sp³-hybridized carbons (Fsp3) is 0.583. The van der Waals surface area contributed by atoms with Crippen LogP contribution in [-0.4, -0.2) is 46.8 Å². The van der Waals surface area contributed by atoms with Gasteiger partial charge in [-0.05, 0) is 12.8 Å². The van der Waals surface area contributed by atoms with Crippen LogP contribution in [0.25, 0.3) is 0 Å². The second-order valence-corrected chi connectivity index (χ2v) is 4.66. The Morgan fingerprint density at radius 1 is 0.909 bits per heavy atom. The molecule has 0 radical (unpaired) electrons. The molecule has 124 valence electrons. The van der Waals surface area contributed by atoms with Crippen molar-refractivity contribution in [1.82, 2.24) is 10.6 Å². The fourth-order valence-corrected chi connectivity index (χ4v) is 1.62. The molecule has 0 saturated heterocycles. The Labute approximate surface area is 126 Å². The molecule has 0 bridgehead atoms. The Bertz CT molecular complexity index is 465. The predicted molar refractivity (Wildman–Crippen MR) is 74.0 cm³/mol. The van der Waals surface area contributed by atoms with Crippen molar-refractivity contribution in [3.63, 3.8) is 0 Å². The number of rotatable bonds is 10. The molecule has 0 spiro atoms. The zero-order valence-electron chi connectivity index (χ0n) is 12.1. The number of hydrogen-bond acceptors (Lipinski definition) is 5. The van der Waals surface area contributed by atoms with Crippen molar-refractivity contribution >= 4 is 29.6 Å². The molecule has 4 amide bonds. The molecule has 0 heterocycles. The predicted octanol–water partition coefficient (Wildman–Crippen LogP) is -2.41. The molecular formula is C12H20N4O6. The topological polar surface area (TPSA) is 182 Å². The van der Waals surface area contributed by atoms with Crippen LogP contribution in [0.1, 0.15) is 32.6 Å². The van der Waals surface area contributed by atoms with Gasteiger partial charge in [0.25, 0.3) is 0 Å². The molecule has 22 heavy (non-hydrogen) atoms. The van der Waals surface area contributed by atoms with Gasteiger partial charge < -0.3 is 27.2 Å². The first-order chi connectivity index (χ1) is 10.1. The van der Waals surface area contributed by atoms with Gasteiger partial charge in [0.2, 0.25) is 23.6 Å². The van der Waals surface area contributed by atoms with E-state index in [-0.39, 0.29) is 25.7 Å². The van der Waals surface area contributed by atoms with Gasteiger partial charge in [-0.2, -0.15) is 0 Å². The molecule has 0 aromatic carbocycles. The second-order valence-electron chi connectivity index (χ2n) is 4.66. The van der Waals surface area contributed by atoms with Crippen molar-refractivity contribution in [3.05, 3.63) is 0 Å². The minimum Gasteiger partial charge on any atom is -0.480 e. The second kappa shape index (κ2) is 9.32. The van der Waals surface area contributed by atoms with Crippen LogP contribution >= 0.6 is 0 Å². The normalized spacial score (nSPS) is 12.8. The SMILES string of the molecule is CC(=O)N[C@@H](CCC(N)=O)C(=O)N[C@@H](CCC(N)=O)C(=O)O. The van der Waals surface area contributed by atoms with Gasteiger partial charge in [0.05, 0.1) is 0 Å². The molecule has 0 aliphatic carbocycles.